The van der Waals surface area contributed by atoms with E-state index >= 15 is 0 Å². The molecule has 0 spiro atoms. The Morgan fingerprint density at radius 1 is 1.44 bits per heavy atom. The third-order valence-corrected chi connectivity index (χ3v) is 3.18. The van der Waals surface area contributed by atoms with Gasteiger partial charge in [0, 0.05) is 22.9 Å². The molecule has 1 aliphatic carbocycles. The molecule has 4 heteroatoms. The molecular formula is C14H15N3O. The summed E-state index contributed by atoms with van der Waals surface area (Å²) in [7, 11) is 0. The van der Waals surface area contributed by atoms with Gasteiger partial charge < -0.3 is 10.3 Å². The van der Waals surface area contributed by atoms with Crippen molar-refractivity contribution < 1.29 is 4.79 Å². The van der Waals surface area contributed by atoms with Crippen molar-refractivity contribution in [3.63, 3.8) is 0 Å². The molecule has 0 unspecified atom stereocenters. The molecule has 0 saturated heterocycles. The van der Waals surface area contributed by atoms with E-state index in [4.69, 9.17) is 0 Å². The molecule has 1 aromatic carbocycles. The van der Waals surface area contributed by atoms with Crippen LogP contribution in [0.25, 0.3) is 11.3 Å². The first kappa shape index (κ1) is 11.0. The van der Waals surface area contributed by atoms with Crippen LogP contribution in [-0.4, -0.2) is 15.9 Å². The van der Waals surface area contributed by atoms with Crippen LogP contribution in [0.2, 0.25) is 0 Å². The van der Waals surface area contributed by atoms with Crippen molar-refractivity contribution in [3.05, 3.63) is 36.3 Å². The van der Waals surface area contributed by atoms with Crippen molar-refractivity contribution in [2.45, 2.75) is 19.8 Å². The summed E-state index contributed by atoms with van der Waals surface area (Å²) in [5, 5.41) is 2.95. The van der Waals surface area contributed by atoms with Crippen molar-refractivity contribution in [2.75, 3.05) is 5.32 Å². The Hall–Kier alpha value is -2.10. The van der Waals surface area contributed by atoms with Crippen molar-refractivity contribution >= 4 is 11.6 Å². The van der Waals surface area contributed by atoms with Gasteiger partial charge in [0.25, 0.3) is 0 Å². The van der Waals surface area contributed by atoms with Crippen LogP contribution in [0.4, 0.5) is 5.69 Å². The number of amides is 1. The first-order valence-corrected chi connectivity index (χ1v) is 6.15. The highest BCUT2D eigenvalue weighted by Gasteiger charge is 2.29. The number of aromatic amines is 1. The highest BCUT2D eigenvalue weighted by atomic mass is 16.2. The van der Waals surface area contributed by atoms with E-state index in [1.54, 1.807) is 6.33 Å². The summed E-state index contributed by atoms with van der Waals surface area (Å²) in [6.45, 7) is 1.98. The molecule has 2 N–H and O–H groups in total. The first-order chi connectivity index (χ1) is 8.74. The van der Waals surface area contributed by atoms with E-state index < -0.39 is 0 Å². The highest BCUT2D eigenvalue weighted by molar-refractivity contribution is 5.94. The zero-order chi connectivity index (χ0) is 12.5. The van der Waals surface area contributed by atoms with E-state index in [1.807, 2.05) is 31.2 Å². The monoisotopic (exact) mass is 241 g/mol. The van der Waals surface area contributed by atoms with Gasteiger partial charge in [0.2, 0.25) is 5.91 Å². The van der Waals surface area contributed by atoms with Gasteiger partial charge in [-0.05, 0) is 31.9 Å². The molecule has 2 aromatic rings. The van der Waals surface area contributed by atoms with Crippen molar-refractivity contribution in [1.29, 1.82) is 0 Å². The maximum absolute atomic E-state index is 11.7. The van der Waals surface area contributed by atoms with Crippen LogP contribution in [0.5, 0.6) is 0 Å². The topological polar surface area (TPSA) is 57.8 Å². The molecule has 0 aliphatic heterocycles. The maximum atomic E-state index is 11.7. The minimum atomic E-state index is 0.130. The fourth-order valence-corrected chi connectivity index (χ4v) is 1.98. The molecule has 0 bridgehead atoms. The average molecular weight is 241 g/mol. The normalized spacial score (nSPS) is 14.5. The third kappa shape index (κ3) is 2.14. The number of H-pyrrole nitrogens is 1. The number of benzene rings is 1. The van der Waals surface area contributed by atoms with Crippen LogP contribution < -0.4 is 5.32 Å². The Morgan fingerprint density at radius 3 is 2.94 bits per heavy atom. The summed E-state index contributed by atoms with van der Waals surface area (Å²) >= 11 is 0. The van der Waals surface area contributed by atoms with Gasteiger partial charge in [-0.25, -0.2) is 4.98 Å². The number of nitrogens with one attached hydrogen (secondary N) is 2. The SMILES string of the molecule is Cc1[nH]cnc1-c1cccc(NC(=O)C2CC2)c1. The number of carbonyl (C=O) groups is 1. The first-order valence-electron chi connectivity index (χ1n) is 6.15. The lowest BCUT2D eigenvalue weighted by Crippen LogP contribution is -2.13. The van der Waals surface area contributed by atoms with Gasteiger partial charge in [-0.15, -0.1) is 0 Å². The molecule has 1 heterocycles. The number of nitrogens with zero attached hydrogens (tertiary/aromatic N) is 1. The summed E-state index contributed by atoms with van der Waals surface area (Å²) in [6.07, 6.45) is 3.72. The number of aryl methyl sites for hydroxylation is 1. The Balaban J connectivity index is 1.84. The quantitative estimate of drug-likeness (QED) is 0.868. The molecule has 0 radical (unpaired) electrons. The number of hydrogen-bond acceptors (Lipinski definition) is 2. The molecule has 1 aliphatic rings. The van der Waals surface area contributed by atoms with Crippen molar-refractivity contribution in [3.8, 4) is 11.3 Å². The van der Waals surface area contributed by atoms with Gasteiger partial charge in [0.05, 0.1) is 12.0 Å². The summed E-state index contributed by atoms with van der Waals surface area (Å²) in [5.41, 5.74) is 3.81. The minimum absolute atomic E-state index is 0.130. The molecule has 1 aromatic heterocycles. The second-order valence-corrected chi connectivity index (χ2v) is 4.72. The Labute approximate surface area is 105 Å². The van der Waals surface area contributed by atoms with Crippen LogP contribution in [-0.2, 0) is 4.79 Å². The highest BCUT2D eigenvalue weighted by Crippen LogP contribution is 2.30. The molecule has 4 nitrogen and oxygen atoms in total. The van der Waals surface area contributed by atoms with Crippen LogP contribution >= 0.6 is 0 Å². The fourth-order valence-electron chi connectivity index (χ4n) is 1.98. The fraction of sp³-hybridized carbons (Fsp3) is 0.286. The molecule has 1 fully saturated rings. The largest absolute Gasteiger partial charge is 0.348 e. The van der Waals surface area contributed by atoms with Crippen molar-refractivity contribution in [2.24, 2.45) is 5.92 Å². The van der Waals surface area contributed by atoms with E-state index in [9.17, 15) is 4.79 Å². The lowest BCUT2D eigenvalue weighted by atomic mass is 10.1. The minimum Gasteiger partial charge on any atom is -0.348 e. The predicted octanol–water partition coefficient (Wildman–Crippen LogP) is 2.73. The third-order valence-electron chi connectivity index (χ3n) is 3.18. The van der Waals surface area contributed by atoms with Gasteiger partial charge in [-0.3, -0.25) is 4.79 Å². The Morgan fingerprint density at radius 2 is 2.28 bits per heavy atom. The van der Waals surface area contributed by atoms with Crippen LogP contribution in [0.1, 0.15) is 18.5 Å². The molecule has 1 saturated carbocycles. The van der Waals surface area contributed by atoms with E-state index in [0.29, 0.717) is 0 Å². The second-order valence-electron chi connectivity index (χ2n) is 4.72. The van der Waals surface area contributed by atoms with Gasteiger partial charge in [-0.1, -0.05) is 12.1 Å². The molecule has 1 amide bonds. The maximum Gasteiger partial charge on any atom is 0.227 e. The summed E-state index contributed by atoms with van der Waals surface area (Å²) < 4.78 is 0. The van der Waals surface area contributed by atoms with Crippen LogP contribution in [0, 0.1) is 12.8 Å². The number of aromatic nitrogens is 2. The predicted molar refractivity (Wildman–Crippen MR) is 70.1 cm³/mol. The Kier molecular flexibility index (Phi) is 2.63. The van der Waals surface area contributed by atoms with Gasteiger partial charge in [0.1, 0.15) is 0 Å². The summed E-state index contributed by atoms with van der Waals surface area (Å²) in [6, 6.07) is 7.80. The lowest BCUT2D eigenvalue weighted by Gasteiger charge is -2.06. The molecule has 18 heavy (non-hydrogen) atoms. The summed E-state index contributed by atoms with van der Waals surface area (Å²) in [4.78, 5) is 19.0. The molecule has 0 atom stereocenters. The number of rotatable bonds is 3. The zero-order valence-electron chi connectivity index (χ0n) is 10.2. The van der Waals surface area contributed by atoms with Gasteiger partial charge in [0.15, 0.2) is 0 Å². The van der Waals surface area contributed by atoms with E-state index in [1.165, 1.54) is 0 Å². The summed E-state index contributed by atoms with van der Waals surface area (Å²) in [5.74, 6) is 0.353. The molecular weight excluding hydrogens is 226 g/mol. The number of imidazole rings is 1. The van der Waals surface area contributed by atoms with E-state index in [2.05, 4.69) is 15.3 Å². The standard InChI is InChI=1S/C14H15N3O/c1-9-13(16-8-15-9)11-3-2-4-12(7-11)17-14(18)10-5-6-10/h2-4,7-8,10H,5-6H2,1H3,(H,15,16)(H,17,18). The Bertz CT molecular complexity index is 584. The van der Waals surface area contributed by atoms with E-state index in [0.717, 1.165) is 35.5 Å². The molecule has 3 rings (SSSR count). The van der Waals surface area contributed by atoms with Crippen molar-refractivity contribution in [1.82, 2.24) is 9.97 Å². The van der Waals surface area contributed by atoms with Crippen LogP contribution in [0.3, 0.4) is 0 Å². The molecule has 92 valence electrons. The number of hydrogen-bond donors (Lipinski definition) is 2. The second kappa shape index (κ2) is 4.29. The van der Waals surface area contributed by atoms with Gasteiger partial charge in [-0.2, -0.15) is 0 Å². The number of anilines is 1. The van der Waals surface area contributed by atoms with E-state index in [-0.39, 0.29) is 11.8 Å². The van der Waals surface area contributed by atoms with Crippen LogP contribution in [0.15, 0.2) is 30.6 Å². The lowest BCUT2D eigenvalue weighted by molar-refractivity contribution is -0.117. The zero-order valence-corrected chi connectivity index (χ0v) is 10.2. The smallest absolute Gasteiger partial charge is 0.227 e. The average Bonchev–Trinajstić information content (AvgIpc) is 3.13. The van der Waals surface area contributed by atoms with Gasteiger partial charge >= 0.3 is 0 Å². The number of carbonyl (C=O) groups excluding carboxylic acids is 1.